The van der Waals surface area contributed by atoms with Crippen molar-refractivity contribution in [3.05, 3.63) is 40.3 Å². The van der Waals surface area contributed by atoms with Crippen LogP contribution in [0.4, 0.5) is 0 Å². The molecule has 1 aliphatic rings. The molecule has 1 atom stereocenters. The summed E-state index contributed by atoms with van der Waals surface area (Å²) < 4.78 is 1.30. The molecule has 3 rings (SSSR count). The van der Waals surface area contributed by atoms with E-state index >= 15 is 0 Å². The predicted octanol–water partition coefficient (Wildman–Crippen LogP) is 1.96. The number of carbonyl (C=O) groups excluding carboxylic acids is 1. The maximum atomic E-state index is 12.5. The van der Waals surface area contributed by atoms with Crippen molar-refractivity contribution in [2.24, 2.45) is 5.92 Å². The van der Waals surface area contributed by atoms with Crippen LogP contribution in [0.3, 0.4) is 0 Å². The molecule has 0 N–H and O–H groups in total. The van der Waals surface area contributed by atoms with E-state index in [0.29, 0.717) is 11.3 Å². The van der Waals surface area contributed by atoms with E-state index in [1.165, 1.54) is 4.68 Å². The van der Waals surface area contributed by atoms with Gasteiger partial charge in [-0.05, 0) is 31.7 Å². The van der Waals surface area contributed by atoms with Crippen molar-refractivity contribution >= 4 is 16.7 Å². The van der Waals surface area contributed by atoms with Crippen molar-refractivity contribution in [1.82, 2.24) is 14.7 Å². The van der Waals surface area contributed by atoms with Gasteiger partial charge in [-0.15, -0.1) is 0 Å². The van der Waals surface area contributed by atoms with Gasteiger partial charge in [0.1, 0.15) is 6.54 Å². The summed E-state index contributed by atoms with van der Waals surface area (Å²) in [6.45, 7) is 5.61. The fourth-order valence-electron chi connectivity index (χ4n) is 3.16. The van der Waals surface area contributed by atoms with Gasteiger partial charge in [0, 0.05) is 18.5 Å². The highest BCUT2D eigenvalue weighted by atomic mass is 16.2. The van der Waals surface area contributed by atoms with Gasteiger partial charge in [-0.3, -0.25) is 9.59 Å². The molecule has 0 unspecified atom stereocenters. The molecule has 5 nitrogen and oxygen atoms in total. The fourth-order valence-corrected chi connectivity index (χ4v) is 3.16. The number of rotatable bonds is 2. The topological polar surface area (TPSA) is 55.2 Å². The molecule has 0 saturated carbocycles. The smallest absolute Gasteiger partial charge is 0.275 e. The Morgan fingerprint density at radius 2 is 2.05 bits per heavy atom. The number of aromatic nitrogens is 2. The molecule has 22 heavy (non-hydrogen) atoms. The van der Waals surface area contributed by atoms with Gasteiger partial charge in [-0.2, -0.15) is 5.10 Å². The summed E-state index contributed by atoms with van der Waals surface area (Å²) in [6, 6.07) is 7.40. The van der Waals surface area contributed by atoms with Crippen molar-refractivity contribution in [3.8, 4) is 0 Å². The average Bonchev–Trinajstić information content (AvgIpc) is 2.52. The maximum Gasteiger partial charge on any atom is 0.275 e. The minimum Gasteiger partial charge on any atom is -0.341 e. The molecule has 5 heteroatoms. The number of carbonyl (C=O) groups is 1. The van der Waals surface area contributed by atoms with Gasteiger partial charge in [0.05, 0.1) is 11.1 Å². The molecule has 0 radical (unpaired) electrons. The average molecular weight is 299 g/mol. The van der Waals surface area contributed by atoms with E-state index in [2.05, 4.69) is 12.0 Å². The summed E-state index contributed by atoms with van der Waals surface area (Å²) in [5.74, 6) is 0.511. The molecule has 0 aliphatic carbocycles. The first-order valence-electron chi connectivity index (χ1n) is 7.80. The zero-order valence-electron chi connectivity index (χ0n) is 13.1. The zero-order valence-corrected chi connectivity index (χ0v) is 13.1. The minimum atomic E-state index is -0.195. The van der Waals surface area contributed by atoms with Crippen molar-refractivity contribution in [3.63, 3.8) is 0 Å². The molecule has 1 amide bonds. The van der Waals surface area contributed by atoms with Crippen LogP contribution in [0.25, 0.3) is 10.8 Å². The lowest BCUT2D eigenvalue weighted by Gasteiger charge is -2.31. The zero-order chi connectivity index (χ0) is 15.7. The second kappa shape index (κ2) is 5.91. The summed E-state index contributed by atoms with van der Waals surface area (Å²) in [4.78, 5) is 26.8. The Labute approximate surface area is 129 Å². The molecule has 116 valence electrons. The Balaban J connectivity index is 1.89. The molecule has 1 aromatic carbocycles. The van der Waals surface area contributed by atoms with E-state index in [0.717, 1.165) is 37.0 Å². The summed E-state index contributed by atoms with van der Waals surface area (Å²) in [6.07, 6.45) is 2.20. The minimum absolute atomic E-state index is 0.0177. The molecule has 1 fully saturated rings. The van der Waals surface area contributed by atoms with Gasteiger partial charge in [-0.25, -0.2) is 4.68 Å². The van der Waals surface area contributed by atoms with Gasteiger partial charge in [0.2, 0.25) is 5.91 Å². The van der Waals surface area contributed by atoms with Crippen LogP contribution in [-0.2, 0) is 11.3 Å². The number of fused-ring (bicyclic) bond motifs is 1. The lowest BCUT2D eigenvalue weighted by atomic mass is 10.0. The van der Waals surface area contributed by atoms with Crippen molar-refractivity contribution < 1.29 is 4.79 Å². The molecule has 2 aromatic rings. The number of nitrogens with zero attached hydrogens (tertiary/aromatic N) is 3. The van der Waals surface area contributed by atoms with E-state index in [9.17, 15) is 9.59 Å². The van der Waals surface area contributed by atoms with Crippen LogP contribution in [0.5, 0.6) is 0 Å². The van der Waals surface area contributed by atoms with Gasteiger partial charge < -0.3 is 4.90 Å². The standard InChI is InChI=1S/C17H21N3O2/c1-12-6-5-9-19(10-12)16(21)11-20-17(22)15-8-4-3-7-14(15)13(2)18-20/h3-4,7-8,12H,5-6,9-11H2,1-2H3/t12-/m1/s1. The lowest BCUT2D eigenvalue weighted by molar-refractivity contribution is -0.133. The predicted molar refractivity (Wildman–Crippen MR) is 85.7 cm³/mol. The second-order valence-electron chi connectivity index (χ2n) is 6.18. The highest BCUT2D eigenvalue weighted by Crippen LogP contribution is 2.16. The van der Waals surface area contributed by atoms with Gasteiger partial charge in [0.15, 0.2) is 0 Å². The summed E-state index contributed by atoms with van der Waals surface area (Å²) >= 11 is 0. The number of hydrogen-bond acceptors (Lipinski definition) is 3. The van der Waals surface area contributed by atoms with E-state index in [4.69, 9.17) is 0 Å². The summed E-state index contributed by atoms with van der Waals surface area (Å²) in [7, 11) is 0. The molecule has 0 spiro atoms. The number of likely N-dealkylation sites (tertiary alicyclic amines) is 1. The van der Waals surface area contributed by atoms with Crippen molar-refractivity contribution in [1.29, 1.82) is 0 Å². The normalized spacial score (nSPS) is 18.6. The van der Waals surface area contributed by atoms with Crippen molar-refractivity contribution in [2.45, 2.75) is 33.2 Å². The third kappa shape index (κ3) is 2.75. The SMILES string of the molecule is Cc1nn(CC(=O)N2CCC[C@@H](C)C2)c(=O)c2ccccc12. The van der Waals surface area contributed by atoms with Crippen LogP contribution in [0.15, 0.2) is 29.1 Å². The Bertz CT molecular complexity index is 766. The number of aryl methyl sites for hydroxylation is 1. The molecule has 0 bridgehead atoms. The van der Waals surface area contributed by atoms with Crippen LogP contribution in [0.1, 0.15) is 25.5 Å². The Morgan fingerprint density at radius 1 is 1.32 bits per heavy atom. The number of benzene rings is 1. The van der Waals surface area contributed by atoms with Crippen LogP contribution in [0, 0.1) is 12.8 Å². The summed E-state index contributed by atoms with van der Waals surface area (Å²) in [5, 5.41) is 5.78. The quantitative estimate of drug-likeness (QED) is 0.852. The maximum absolute atomic E-state index is 12.5. The van der Waals surface area contributed by atoms with Crippen LogP contribution in [-0.4, -0.2) is 33.7 Å². The van der Waals surface area contributed by atoms with E-state index in [1.54, 1.807) is 6.07 Å². The third-order valence-corrected chi connectivity index (χ3v) is 4.35. The molecule has 1 saturated heterocycles. The van der Waals surface area contributed by atoms with Crippen LogP contribution < -0.4 is 5.56 Å². The Kier molecular flexibility index (Phi) is 3.96. The fraction of sp³-hybridized carbons (Fsp3) is 0.471. The lowest BCUT2D eigenvalue weighted by Crippen LogP contribution is -2.42. The largest absolute Gasteiger partial charge is 0.341 e. The first kappa shape index (κ1) is 14.8. The number of hydrogen-bond donors (Lipinski definition) is 0. The highest BCUT2D eigenvalue weighted by Gasteiger charge is 2.22. The first-order valence-corrected chi connectivity index (χ1v) is 7.80. The number of piperidine rings is 1. The number of amides is 1. The molecular weight excluding hydrogens is 278 g/mol. The monoisotopic (exact) mass is 299 g/mol. The van der Waals surface area contributed by atoms with Crippen molar-refractivity contribution in [2.75, 3.05) is 13.1 Å². The van der Waals surface area contributed by atoms with Gasteiger partial charge >= 0.3 is 0 Å². The molecule has 1 aromatic heterocycles. The Hall–Kier alpha value is -2.17. The second-order valence-corrected chi connectivity index (χ2v) is 6.18. The van der Waals surface area contributed by atoms with Gasteiger partial charge in [0.25, 0.3) is 5.56 Å². The third-order valence-electron chi connectivity index (χ3n) is 4.35. The van der Waals surface area contributed by atoms with E-state index < -0.39 is 0 Å². The summed E-state index contributed by atoms with van der Waals surface area (Å²) in [5.41, 5.74) is 0.578. The van der Waals surface area contributed by atoms with Crippen LogP contribution >= 0.6 is 0 Å². The van der Waals surface area contributed by atoms with E-state index in [-0.39, 0.29) is 18.0 Å². The molecule has 1 aliphatic heterocycles. The Morgan fingerprint density at radius 3 is 2.77 bits per heavy atom. The highest BCUT2D eigenvalue weighted by molar-refractivity contribution is 5.83. The molecule has 2 heterocycles. The van der Waals surface area contributed by atoms with Gasteiger partial charge in [-0.1, -0.05) is 25.1 Å². The van der Waals surface area contributed by atoms with Crippen LogP contribution in [0.2, 0.25) is 0 Å². The van der Waals surface area contributed by atoms with E-state index in [1.807, 2.05) is 30.0 Å². The molecular formula is C17H21N3O2. The first-order chi connectivity index (χ1) is 10.6.